The molecule has 21 heteroatoms. The number of halogens is 4. The first-order valence-corrected chi connectivity index (χ1v) is 23.5. The number of anilines is 2. The molecule has 2 saturated heterocycles. The van der Waals surface area contributed by atoms with Gasteiger partial charge in [-0.3, -0.25) is 24.1 Å². The van der Waals surface area contributed by atoms with Gasteiger partial charge in [0.2, 0.25) is 23.6 Å². The predicted molar refractivity (Wildman–Crippen MR) is 254 cm³/mol. The summed E-state index contributed by atoms with van der Waals surface area (Å²) in [5, 5.41) is 14.7. The first kappa shape index (κ1) is 52.3. The van der Waals surface area contributed by atoms with Crippen LogP contribution >= 0.6 is 23.6 Å². The number of amides is 4. The molecule has 2 unspecified atom stereocenters. The van der Waals surface area contributed by atoms with E-state index in [0.717, 1.165) is 33.8 Å². The third-order valence-corrected chi connectivity index (χ3v) is 13.0. The van der Waals surface area contributed by atoms with Gasteiger partial charge in [-0.2, -0.15) is 18.4 Å². The van der Waals surface area contributed by atoms with Crippen LogP contribution in [0.5, 0.6) is 5.88 Å². The minimum absolute atomic E-state index is 0.0997. The van der Waals surface area contributed by atoms with E-state index >= 15 is 4.39 Å². The van der Waals surface area contributed by atoms with Crippen LogP contribution in [0.3, 0.4) is 0 Å². The van der Waals surface area contributed by atoms with E-state index in [2.05, 4.69) is 20.6 Å². The number of nitrogens with one attached hydrogen (secondary N) is 2. The summed E-state index contributed by atoms with van der Waals surface area (Å²) in [5.74, 6) is -3.38. The number of nitrogens with zero attached hydrogens (tertiary/aromatic N) is 6. The van der Waals surface area contributed by atoms with Gasteiger partial charge < -0.3 is 34.6 Å². The lowest BCUT2D eigenvalue weighted by Crippen LogP contribution is -2.58. The standard InChI is InChI=1S/C48H54F4N8O7S2/c1-28-22-33(60-45(68)59(44(64)47(60,6)7)34-16-15-32(23-53)37(38(34)49)48(50,51)52)25-55-42(28)67-19-9-18-65-20-21-66-26-36(61)57-40(46(3,4)5)43(63)58-17-8-10-35(58)41(62)54-24-30-11-13-31(14-12-30)39-29(2)56-27-69-39/h11-16,22,25,27,35,40H,8-10,17-21,24,26H2,1-7H3,(H,54,62)(H,57,61). The maximum atomic E-state index is 15.4. The van der Waals surface area contributed by atoms with Crippen molar-refractivity contribution in [1.29, 1.82) is 5.26 Å². The van der Waals surface area contributed by atoms with Gasteiger partial charge in [-0.1, -0.05) is 45.0 Å². The molecule has 6 rings (SSSR count). The fourth-order valence-corrected chi connectivity index (χ4v) is 9.39. The Morgan fingerprint density at radius 3 is 2.38 bits per heavy atom. The van der Waals surface area contributed by atoms with Gasteiger partial charge in [0.05, 0.1) is 65.1 Å². The molecule has 69 heavy (non-hydrogen) atoms. The molecule has 2 fully saturated rings. The van der Waals surface area contributed by atoms with Crippen LogP contribution < -0.4 is 25.2 Å². The minimum atomic E-state index is -5.20. The molecular weight excluding hydrogens is 941 g/mol. The maximum absolute atomic E-state index is 15.4. The molecule has 0 saturated carbocycles. The highest BCUT2D eigenvalue weighted by Crippen LogP contribution is 2.42. The third-order valence-electron chi connectivity index (χ3n) is 11.7. The molecule has 0 spiro atoms. The molecule has 2 aromatic heterocycles. The van der Waals surface area contributed by atoms with Crippen LogP contribution in [-0.4, -0.2) is 101 Å². The number of thiocarbonyl (C=S) groups is 1. The summed E-state index contributed by atoms with van der Waals surface area (Å²) < 4.78 is 73.7. The molecular formula is C48H54F4N8O7S2. The highest BCUT2D eigenvalue weighted by atomic mass is 32.1. The highest BCUT2D eigenvalue weighted by Gasteiger charge is 2.52. The second-order valence-corrected chi connectivity index (χ2v) is 19.4. The number of hydrogen-bond acceptors (Lipinski definition) is 12. The quantitative estimate of drug-likeness (QED) is 0.0574. The number of hydrogen-bond donors (Lipinski definition) is 2. The average molecular weight is 995 g/mol. The lowest BCUT2D eigenvalue weighted by atomic mass is 9.85. The Bertz CT molecular complexity index is 2610. The van der Waals surface area contributed by atoms with E-state index in [1.165, 1.54) is 31.0 Å². The highest BCUT2D eigenvalue weighted by molar-refractivity contribution is 7.81. The summed E-state index contributed by atoms with van der Waals surface area (Å²) in [7, 11) is 0. The first-order chi connectivity index (χ1) is 32.6. The van der Waals surface area contributed by atoms with Crippen LogP contribution in [-0.2, 0) is 41.4 Å². The van der Waals surface area contributed by atoms with Crippen molar-refractivity contribution >= 4 is 63.7 Å². The van der Waals surface area contributed by atoms with Crippen molar-refractivity contribution < 1.29 is 51.0 Å². The number of pyridine rings is 1. The summed E-state index contributed by atoms with van der Waals surface area (Å²) in [4.78, 5) is 67.3. The Labute approximate surface area is 407 Å². The van der Waals surface area contributed by atoms with Gasteiger partial charge in [0.15, 0.2) is 10.9 Å². The van der Waals surface area contributed by atoms with E-state index in [0.29, 0.717) is 48.5 Å². The molecule has 2 aliphatic rings. The lowest BCUT2D eigenvalue weighted by molar-refractivity contribution is -0.144. The van der Waals surface area contributed by atoms with E-state index in [1.807, 2.05) is 57.5 Å². The molecule has 4 heterocycles. The monoisotopic (exact) mass is 994 g/mol. The fraction of sp³-hybridized carbons (Fsp3) is 0.458. The van der Waals surface area contributed by atoms with Crippen LogP contribution in [0, 0.1) is 36.4 Å². The van der Waals surface area contributed by atoms with Crippen molar-refractivity contribution in [3.63, 3.8) is 0 Å². The number of rotatable bonds is 18. The summed E-state index contributed by atoms with van der Waals surface area (Å²) in [6.07, 6.45) is -2.20. The van der Waals surface area contributed by atoms with E-state index in [9.17, 15) is 37.6 Å². The van der Waals surface area contributed by atoms with Gasteiger partial charge in [0, 0.05) is 31.7 Å². The zero-order valence-corrected chi connectivity index (χ0v) is 40.9. The average Bonchev–Trinajstić information content (AvgIpc) is 4.00. The second-order valence-electron chi connectivity index (χ2n) is 18.2. The summed E-state index contributed by atoms with van der Waals surface area (Å²) in [5.41, 5.74) is 0.0369. The van der Waals surface area contributed by atoms with Crippen molar-refractivity contribution in [2.75, 3.05) is 49.4 Å². The molecule has 0 aliphatic carbocycles. The van der Waals surface area contributed by atoms with Crippen LogP contribution in [0.1, 0.15) is 81.8 Å². The molecule has 0 radical (unpaired) electrons. The molecule has 4 aromatic rings. The zero-order valence-electron chi connectivity index (χ0n) is 39.3. The normalized spacial score (nSPS) is 16.4. The van der Waals surface area contributed by atoms with E-state index in [1.54, 1.807) is 29.2 Å². The largest absolute Gasteiger partial charge is 0.477 e. The van der Waals surface area contributed by atoms with Crippen LogP contribution in [0.25, 0.3) is 10.4 Å². The number of ether oxygens (including phenoxy) is 3. The molecule has 2 aliphatic heterocycles. The number of carbonyl (C=O) groups is 4. The van der Waals surface area contributed by atoms with E-state index in [4.69, 9.17) is 26.4 Å². The second kappa shape index (κ2) is 21.7. The third kappa shape index (κ3) is 11.9. The molecule has 15 nitrogen and oxygen atoms in total. The molecule has 2 atom stereocenters. The van der Waals surface area contributed by atoms with E-state index < -0.39 is 63.7 Å². The Morgan fingerprint density at radius 2 is 1.74 bits per heavy atom. The SMILES string of the molecule is Cc1cc(N2C(=S)N(c3ccc(C#N)c(C(F)(F)F)c3F)C(=O)C2(C)C)cnc1OCCCOCCOCC(=O)NC(C(=O)N1CCCC1C(=O)NCc1ccc(-c2scnc2C)cc1)C(C)(C)C. The van der Waals surface area contributed by atoms with Gasteiger partial charge in [0.1, 0.15) is 29.8 Å². The van der Waals surface area contributed by atoms with Crippen molar-refractivity contribution in [2.24, 2.45) is 5.41 Å². The number of alkyl halides is 3. The van der Waals surface area contributed by atoms with Gasteiger partial charge in [-0.25, -0.2) is 14.4 Å². The number of thiazole rings is 1. The van der Waals surface area contributed by atoms with Crippen molar-refractivity contribution in [3.8, 4) is 22.4 Å². The topological polar surface area (TPSA) is 179 Å². The summed E-state index contributed by atoms with van der Waals surface area (Å²) in [6.45, 7) is 13.3. The van der Waals surface area contributed by atoms with Gasteiger partial charge in [-0.15, -0.1) is 11.3 Å². The molecule has 2 N–H and O–H groups in total. The molecule has 0 bridgehead atoms. The summed E-state index contributed by atoms with van der Waals surface area (Å²) in [6, 6.07) is 11.0. The summed E-state index contributed by atoms with van der Waals surface area (Å²) >= 11 is 7.10. The van der Waals surface area contributed by atoms with Crippen molar-refractivity contribution in [3.05, 3.63) is 87.9 Å². The molecule has 368 valence electrons. The predicted octanol–water partition coefficient (Wildman–Crippen LogP) is 7.41. The number of aryl methyl sites for hydroxylation is 2. The Balaban J connectivity index is 0.914. The number of nitriles is 1. The molecule has 2 aromatic carbocycles. The van der Waals surface area contributed by atoms with Gasteiger partial charge in [0.25, 0.3) is 5.91 Å². The number of likely N-dealkylation sites (tertiary alicyclic amines) is 1. The number of carbonyl (C=O) groups excluding carboxylic acids is 4. The van der Waals surface area contributed by atoms with Crippen LogP contribution in [0.4, 0.5) is 28.9 Å². The number of benzene rings is 2. The minimum Gasteiger partial charge on any atom is -0.477 e. The first-order valence-electron chi connectivity index (χ1n) is 22.2. The van der Waals surface area contributed by atoms with Gasteiger partial charge in [-0.05, 0) is 87.5 Å². The molecule has 4 amide bonds. The van der Waals surface area contributed by atoms with E-state index in [-0.39, 0.29) is 55.8 Å². The number of aromatic nitrogens is 2. The van der Waals surface area contributed by atoms with Crippen molar-refractivity contribution in [1.82, 2.24) is 25.5 Å². The lowest BCUT2D eigenvalue weighted by Gasteiger charge is -2.35. The zero-order chi connectivity index (χ0) is 50.4. The Morgan fingerprint density at radius 1 is 1.03 bits per heavy atom. The fourth-order valence-electron chi connectivity index (χ4n) is 8.06. The van der Waals surface area contributed by atoms with Crippen LogP contribution in [0.2, 0.25) is 0 Å². The van der Waals surface area contributed by atoms with Gasteiger partial charge >= 0.3 is 6.18 Å². The smallest absolute Gasteiger partial charge is 0.420 e. The Hall–Kier alpha value is -6.08. The van der Waals surface area contributed by atoms with Crippen LogP contribution in [0.15, 0.2) is 54.2 Å². The maximum Gasteiger partial charge on any atom is 0.420 e. The Kier molecular flexibility index (Phi) is 16.4. The van der Waals surface area contributed by atoms with Crippen molar-refractivity contribution in [2.45, 2.75) is 98.1 Å².